The fraction of sp³-hybridized carbons (Fsp3) is 0.733. The molecule has 0 saturated carbocycles. The molecule has 1 fully saturated rings. The molecule has 1 saturated heterocycles. The molecule has 1 aliphatic rings. The summed E-state index contributed by atoms with van der Waals surface area (Å²) in [5, 5.41) is 4.29. The smallest absolute Gasteiger partial charge is 0.239 e. The van der Waals surface area contributed by atoms with Crippen molar-refractivity contribution in [1.29, 1.82) is 0 Å². The molecule has 2 heterocycles. The van der Waals surface area contributed by atoms with Crippen LogP contribution in [-0.4, -0.2) is 57.7 Å². The lowest BCUT2D eigenvalue weighted by Crippen LogP contribution is -2.49. The highest BCUT2D eigenvalue weighted by Gasteiger charge is 2.29. The number of aromatic nitrogens is 2. The molecule has 1 unspecified atom stereocenters. The number of rotatable bonds is 5. The quantitative estimate of drug-likeness (QED) is 0.890. The van der Waals surface area contributed by atoms with Crippen molar-refractivity contribution in [1.82, 2.24) is 19.6 Å². The SMILES string of the molecule is CCN(CC)C(=O)C(C)N1CCC(n2ccc(N)n2)CC1. The third kappa shape index (κ3) is 3.56. The van der Waals surface area contributed by atoms with Gasteiger partial charge in [-0.2, -0.15) is 5.10 Å². The van der Waals surface area contributed by atoms with Gasteiger partial charge >= 0.3 is 0 Å². The largest absolute Gasteiger partial charge is 0.382 e. The van der Waals surface area contributed by atoms with E-state index in [2.05, 4.69) is 10.00 Å². The Bertz CT molecular complexity index is 460. The van der Waals surface area contributed by atoms with Crippen molar-refractivity contribution in [3.05, 3.63) is 12.3 Å². The van der Waals surface area contributed by atoms with Crippen molar-refractivity contribution in [3.63, 3.8) is 0 Å². The predicted molar refractivity (Wildman–Crippen MR) is 83.9 cm³/mol. The Labute approximate surface area is 126 Å². The summed E-state index contributed by atoms with van der Waals surface area (Å²) < 4.78 is 1.96. The van der Waals surface area contributed by atoms with Crippen molar-refractivity contribution in [2.24, 2.45) is 0 Å². The van der Waals surface area contributed by atoms with Crippen LogP contribution in [0.4, 0.5) is 5.82 Å². The van der Waals surface area contributed by atoms with E-state index in [0.717, 1.165) is 39.0 Å². The molecule has 1 aliphatic heterocycles. The molecule has 6 heteroatoms. The molecule has 6 nitrogen and oxygen atoms in total. The summed E-state index contributed by atoms with van der Waals surface area (Å²) in [5.74, 6) is 0.810. The zero-order valence-corrected chi connectivity index (χ0v) is 13.3. The zero-order valence-electron chi connectivity index (χ0n) is 13.3. The van der Waals surface area contributed by atoms with E-state index in [1.807, 2.05) is 42.6 Å². The first-order chi connectivity index (χ1) is 10.1. The van der Waals surface area contributed by atoms with Crippen molar-refractivity contribution in [3.8, 4) is 0 Å². The lowest BCUT2D eigenvalue weighted by atomic mass is 10.0. The van der Waals surface area contributed by atoms with Gasteiger partial charge in [-0.15, -0.1) is 0 Å². The van der Waals surface area contributed by atoms with Gasteiger partial charge in [-0.1, -0.05) is 0 Å². The number of piperidine rings is 1. The molecule has 1 aromatic rings. The molecule has 118 valence electrons. The van der Waals surface area contributed by atoms with Crippen molar-refractivity contribution < 1.29 is 4.79 Å². The normalized spacial score (nSPS) is 18.6. The number of hydrogen-bond donors (Lipinski definition) is 1. The fourth-order valence-electron chi connectivity index (χ4n) is 3.05. The lowest BCUT2D eigenvalue weighted by Gasteiger charge is -2.37. The standard InChI is InChI=1S/C15H27N5O/c1-4-18(5-2)15(21)12(3)19-9-6-13(7-10-19)20-11-8-14(16)17-20/h8,11-13H,4-7,9-10H2,1-3H3,(H2,16,17). The molecule has 0 spiro atoms. The minimum atomic E-state index is -0.0338. The molecule has 0 bridgehead atoms. The Kier molecular flexibility index (Phi) is 5.22. The molecule has 0 aliphatic carbocycles. The first kappa shape index (κ1) is 15.8. The topological polar surface area (TPSA) is 67.4 Å². The number of nitrogens with zero attached hydrogens (tertiary/aromatic N) is 4. The molecule has 1 atom stereocenters. The monoisotopic (exact) mass is 293 g/mol. The highest BCUT2D eigenvalue weighted by Crippen LogP contribution is 2.24. The van der Waals surface area contributed by atoms with E-state index >= 15 is 0 Å². The van der Waals surface area contributed by atoms with Crippen LogP contribution in [-0.2, 0) is 4.79 Å². The second-order valence-corrected chi connectivity index (χ2v) is 5.67. The second kappa shape index (κ2) is 6.93. The van der Waals surface area contributed by atoms with E-state index in [4.69, 9.17) is 5.73 Å². The highest BCUT2D eigenvalue weighted by molar-refractivity contribution is 5.81. The summed E-state index contributed by atoms with van der Waals surface area (Å²) in [6.45, 7) is 9.50. The van der Waals surface area contributed by atoms with Crippen LogP contribution >= 0.6 is 0 Å². The number of hydrogen-bond acceptors (Lipinski definition) is 4. The van der Waals surface area contributed by atoms with E-state index in [-0.39, 0.29) is 11.9 Å². The van der Waals surface area contributed by atoms with Gasteiger partial charge in [0, 0.05) is 32.4 Å². The summed E-state index contributed by atoms with van der Waals surface area (Å²) in [7, 11) is 0. The average Bonchev–Trinajstić information content (AvgIpc) is 2.94. The molecular formula is C15H27N5O. The Morgan fingerprint density at radius 1 is 1.43 bits per heavy atom. The van der Waals surface area contributed by atoms with Crippen LogP contribution in [0.2, 0.25) is 0 Å². The van der Waals surface area contributed by atoms with Crippen LogP contribution in [0.15, 0.2) is 12.3 Å². The Morgan fingerprint density at radius 3 is 2.52 bits per heavy atom. The summed E-state index contributed by atoms with van der Waals surface area (Å²) in [5.41, 5.74) is 5.67. The molecular weight excluding hydrogens is 266 g/mol. The van der Waals surface area contributed by atoms with Gasteiger partial charge in [-0.3, -0.25) is 14.4 Å². The maximum absolute atomic E-state index is 12.4. The Balaban J connectivity index is 1.90. The van der Waals surface area contributed by atoms with Crippen molar-refractivity contribution >= 4 is 11.7 Å². The minimum absolute atomic E-state index is 0.0338. The third-order valence-corrected chi connectivity index (χ3v) is 4.48. The summed E-state index contributed by atoms with van der Waals surface area (Å²) in [4.78, 5) is 16.6. The fourth-order valence-corrected chi connectivity index (χ4v) is 3.05. The van der Waals surface area contributed by atoms with Gasteiger partial charge in [0.15, 0.2) is 0 Å². The maximum atomic E-state index is 12.4. The molecule has 0 radical (unpaired) electrons. The molecule has 1 amide bonds. The van der Waals surface area contributed by atoms with Gasteiger partial charge in [-0.05, 0) is 39.7 Å². The van der Waals surface area contributed by atoms with Gasteiger partial charge in [0.1, 0.15) is 5.82 Å². The summed E-state index contributed by atoms with van der Waals surface area (Å²) in [6, 6.07) is 2.20. The lowest BCUT2D eigenvalue weighted by molar-refractivity contribution is -0.136. The number of nitrogens with two attached hydrogens (primary N) is 1. The van der Waals surface area contributed by atoms with E-state index in [0.29, 0.717) is 11.9 Å². The van der Waals surface area contributed by atoms with Gasteiger partial charge in [-0.25, -0.2) is 0 Å². The number of likely N-dealkylation sites (tertiary alicyclic amines) is 1. The van der Waals surface area contributed by atoms with Crippen LogP contribution in [0.3, 0.4) is 0 Å². The van der Waals surface area contributed by atoms with E-state index in [9.17, 15) is 4.79 Å². The number of amides is 1. The van der Waals surface area contributed by atoms with Gasteiger partial charge in [0.2, 0.25) is 5.91 Å². The van der Waals surface area contributed by atoms with Crippen LogP contribution in [0.1, 0.15) is 39.7 Å². The Hall–Kier alpha value is -1.56. The van der Waals surface area contributed by atoms with E-state index in [1.54, 1.807) is 0 Å². The van der Waals surface area contributed by atoms with Crippen molar-refractivity contribution in [2.75, 3.05) is 31.9 Å². The first-order valence-electron chi connectivity index (χ1n) is 7.90. The molecule has 1 aromatic heterocycles. The Morgan fingerprint density at radius 2 is 2.05 bits per heavy atom. The minimum Gasteiger partial charge on any atom is -0.382 e. The molecule has 2 N–H and O–H groups in total. The van der Waals surface area contributed by atoms with E-state index in [1.165, 1.54) is 0 Å². The van der Waals surface area contributed by atoms with Crippen LogP contribution in [0.25, 0.3) is 0 Å². The predicted octanol–water partition coefficient (Wildman–Crippen LogP) is 1.36. The summed E-state index contributed by atoms with van der Waals surface area (Å²) >= 11 is 0. The number of carbonyl (C=O) groups is 1. The average molecular weight is 293 g/mol. The first-order valence-corrected chi connectivity index (χ1v) is 7.90. The molecule has 2 rings (SSSR count). The molecule has 21 heavy (non-hydrogen) atoms. The van der Waals surface area contributed by atoms with Crippen LogP contribution in [0.5, 0.6) is 0 Å². The number of carbonyl (C=O) groups excluding carboxylic acids is 1. The zero-order chi connectivity index (χ0) is 15.4. The van der Waals surface area contributed by atoms with Crippen LogP contribution < -0.4 is 5.73 Å². The second-order valence-electron chi connectivity index (χ2n) is 5.67. The van der Waals surface area contributed by atoms with Crippen molar-refractivity contribution in [2.45, 2.75) is 45.7 Å². The van der Waals surface area contributed by atoms with Gasteiger partial charge in [0.25, 0.3) is 0 Å². The van der Waals surface area contributed by atoms with Crippen LogP contribution in [0, 0.1) is 0 Å². The number of likely N-dealkylation sites (N-methyl/N-ethyl adjacent to an activating group) is 1. The maximum Gasteiger partial charge on any atom is 0.239 e. The number of nitrogen functional groups attached to an aromatic ring is 1. The number of anilines is 1. The summed E-state index contributed by atoms with van der Waals surface area (Å²) in [6.07, 6.45) is 3.97. The third-order valence-electron chi connectivity index (χ3n) is 4.48. The van der Waals surface area contributed by atoms with E-state index < -0.39 is 0 Å². The van der Waals surface area contributed by atoms with Gasteiger partial charge < -0.3 is 10.6 Å². The molecule has 0 aromatic carbocycles. The van der Waals surface area contributed by atoms with Gasteiger partial charge in [0.05, 0.1) is 12.1 Å². The highest BCUT2D eigenvalue weighted by atomic mass is 16.2.